The Balaban J connectivity index is 1.68. The molecule has 0 amide bonds. The molecule has 0 saturated carbocycles. The van der Waals surface area contributed by atoms with Crippen molar-refractivity contribution in [3.63, 3.8) is 0 Å². The third kappa shape index (κ3) is 4.27. The zero-order valence-corrected chi connectivity index (χ0v) is 17.0. The summed E-state index contributed by atoms with van der Waals surface area (Å²) in [6.45, 7) is 7.44. The second kappa shape index (κ2) is 8.17. The van der Waals surface area contributed by atoms with E-state index in [1.807, 2.05) is 19.1 Å². The van der Waals surface area contributed by atoms with Crippen molar-refractivity contribution in [2.45, 2.75) is 58.7 Å². The molecule has 0 fully saturated rings. The first kappa shape index (κ1) is 20.1. The highest BCUT2D eigenvalue weighted by molar-refractivity contribution is 6.10. The minimum Gasteiger partial charge on any atom is -0.491 e. The zero-order valence-electron chi connectivity index (χ0n) is 17.0. The molecule has 3 rings (SSSR count). The van der Waals surface area contributed by atoms with Gasteiger partial charge in [0.15, 0.2) is 5.78 Å². The summed E-state index contributed by atoms with van der Waals surface area (Å²) in [5.41, 5.74) is 1.73. The third-order valence-corrected chi connectivity index (χ3v) is 5.32. The van der Waals surface area contributed by atoms with E-state index in [0.717, 1.165) is 24.8 Å². The average Bonchev–Trinajstić information content (AvgIpc) is 2.61. The Hall–Kier alpha value is -2.62. The van der Waals surface area contributed by atoms with Gasteiger partial charge in [-0.25, -0.2) is 0 Å². The molecule has 0 saturated heterocycles. The Morgan fingerprint density at radius 2 is 1.93 bits per heavy atom. The fourth-order valence-electron chi connectivity index (χ4n) is 3.76. The molecular weight excluding hydrogens is 352 g/mol. The maximum atomic E-state index is 12.7. The molecule has 4 heteroatoms. The number of rotatable bonds is 7. The van der Waals surface area contributed by atoms with Gasteiger partial charge in [-0.3, -0.25) is 4.79 Å². The number of hydrogen-bond acceptors (Lipinski definition) is 4. The first-order valence-corrected chi connectivity index (χ1v) is 9.85. The molecule has 0 radical (unpaired) electrons. The smallest absolute Gasteiger partial charge is 0.181 e. The standard InChI is InChI=1S/C24H28O4/c1-16-13-19(27-17(2)9-8-12-18-10-6-5-7-11-18)14-21-22(16)23(26)20(15-25)24(3,4)28-21/h5-7,10-11,13-15,17,20H,8-9,12H2,1-4H3. The molecule has 1 heterocycles. The summed E-state index contributed by atoms with van der Waals surface area (Å²) in [7, 11) is 0. The van der Waals surface area contributed by atoms with Crippen LogP contribution < -0.4 is 9.47 Å². The second-order valence-electron chi connectivity index (χ2n) is 8.10. The van der Waals surface area contributed by atoms with Crippen LogP contribution in [-0.4, -0.2) is 23.8 Å². The van der Waals surface area contributed by atoms with Gasteiger partial charge in [-0.2, -0.15) is 0 Å². The average molecular weight is 380 g/mol. The molecule has 0 bridgehead atoms. The molecule has 28 heavy (non-hydrogen) atoms. The maximum absolute atomic E-state index is 12.7. The minimum atomic E-state index is -0.863. The van der Waals surface area contributed by atoms with Crippen LogP contribution in [0.25, 0.3) is 0 Å². The van der Waals surface area contributed by atoms with Gasteiger partial charge in [-0.1, -0.05) is 30.3 Å². The Kier molecular flexibility index (Phi) is 5.87. The van der Waals surface area contributed by atoms with Crippen molar-refractivity contribution < 1.29 is 19.1 Å². The van der Waals surface area contributed by atoms with Crippen LogP contribution in [0.2, 0.25) is 0 Å². The van der Waals surface area contributed by atoms with Crippen molar-refractivity contribution in [1.29, 1.82) is 0 Å². The summed E-state index contributed by atoms with van der Waals surface area (Å²) in [4.78, 5) is 24.1. The highest BCUT2D eigenvalue weighted by atomic mass is 16.5. The largest absolute Gasteiger partial charge is 0.491 e. The van der Waals surface area contributed by atoms with Crippen LogP contribution in [0.4, 0.5) is 0 Å². The predicted octanol–water partition coefficient (Wildman–Crippen LogP) is 4.95. The van der Waals surface area contributed by atoms with Gasteiger partial charge in [0, 0.05) is 6.07 Å². The van der Waals surface area contributed by atoms with Crippen molar-refractivity contribution in [1.82, 2.24) is 0 Å². The molecule has 148 valence electrons. The van der Waals surface area contributed by atoms with Gasteiger partial charge in [-0.15, -0.1) is 0 Å². The Morgan fingerprint density at radius 3 is 2.61 bits per heavy atom. The number of aryl methyl sites for hydroxylation is 2. The summed E-state index contributed by atoms with van der Waals surface area (Å²) in [6, 6.07) is 14.1. The lowest BCUT2D eigenvalue weighted by molar-refractivity contribution is -0.114. The van der Waals surface area contributed by atoms with Crippen LogP contribution in [0.1, 0.15) is 55.1 Å². The number of fused-ring (bicyclic) bond motifs is 1. The van der Waals surface area contributed by atoms with Crippen LogP contribution in [0, 0.1) is 12.8 Å². The third-order valence-electron chi connectivity index (χ3n) is 5.32. The summed E-state index contributed by atoms with van der Waals surface area (Å²) in [6.07, 6.45) is 3.73. The summed E-state index contributed by atoms with van der Waals surface area (Å²) in [5, 5.41) is 0. The molecule has 2 aromatic carbocycles. The van der Waals surface area contributed by atoms with E-state index in [4.69, 9.17) is 9.47 Å². The molecule has 4 nitrogen and oxygen atoms in total. The maximum Gasteiger partial charge on any atom is 0.181 e. The van der Waals surface area contributed by atoms with E-state index in [-0.39, 0.29) is 11.9 Å². The number of carbonyl (C=O) groups is 2. The van der Waals surface area contributed by atoms with Crippen molar-refractivity contribution >= 4 is 12.1 Å². The molecule has 1 aliphatic heterocycles. The Morgan fingerprint density at radius 1 is 1.21 bits per heavy atom. The number of hydrogen-bond donors (Lipinski definition) is 0. The summed E-state index contributed by atoms with van der Waals surface area (Å²) < 4.78 is 12.1. The van der Waals surface area contributed by atoms with E-state index in [9.17, 15) is 9.59 Å². The van der Waals surface area contributed by atoms with Crippen molar-refractivity contribution in [2.24, 2.45) is 5.92 Å². The lowest BCUT2D eigenvalue weighted by Crippen LogP contribution is -2.47. The van der Waals surface area contributed by atoms with Gasteiger partial charge in [-0.05, 0) is 64.2 Å². The van der Waals surface area contributed by atoms with Crippen LogP contribution >= 0.6 is 0 Å². The Labute approximate surface area is 166 Å². The van der Waals surface area contributed by atoms with Crippen LogP contribution in [0.5, 0.6) is 11.5 Å². The van der Waals surface area contributed by atoms with Crippen LogP contribution in [0.3, 0.4) is 0 Å². The van der Waals surface area contributed by atoms with Gasteiger partial charge in [0.2, 0.25) is 0 Å². The van der Waals surface area contributed by atoms with Gasteiger partial charge in [0.25, 0.3) is 0 Å². The van der Waals surface area contributed by atoms with Gasteiger partial charge < -0.3 is 14.3 Å². The molecule has 2 unspecified atom stereocenters. The number of Topliss-reactive ketones (excluding diaryl/α,β-unsaturated/α-hetero) is 1. The van der Waals surface area contributed by atoms with Crippen molar-refractivity contribution in [2.75, 3.05) is 0 Å². The van der Waals surface area contributed by atoms with Crippen molar-refractivity contribution in [3.05, 3.63) is 59.2 Å². The van der Waals surface area contributed by atoms with Crippen LogP contribution in [-0.2, 0) is 11.2 Å². The molecule has 2 atom stereocenters. The van der Waals surface area contributed by atoms with Gasteiger partial charge in [0.1, 0.15) is 29.3 Å². The SMILES string of the molecule is Cc1cc(OC(C)CCCc2ccccc2)cc2c1C(=O)C(C=O)C(C)(C)O2. The monoisotopic (exact) mass is 380 g/mol. The fourth-order valence-corrected chi connectivity index (χ4v) is 3.76. The number of ketones is 1. The molecule has 0 aliphatic carbocycles. The fraction of sp³-hybridized carbons (Fsp3) is 0.417. The zero-order chi connectivity index (χ0) is 20.3. The van der Waals surface area contributed by atoms with Crippen molar-refractivity contribution in [3.8, 4) is 11.5 Å². The van der Waals surface area contributed by atoms with E-state index in [2.05, 4.69) is 31.2 Å². The number of ether oxygens (including phenoxy) is 2. The van der Waals surface area contributed by atoms with E-state index in [1.54, 1.807) is 19.9 Å². The minimum absolute atomic E-state index is 0.0520. The first-order valence-electron chi connectivity index (χ1n) is 9.85. The molecule has 0 N–H and O–H groups in total. The van der Waals surface area contributed by atoms with E-state index in [0.29, 0.717) is 23.3 Å². The molecule has 2 aromatic rings. The summed E-state index contributed by atoms with van der Waals surface area (Å²) in [5.74, 6) is 0.222. The summed E-state index contributed by atoms with van der Waals surface area (Å²) >= 11 is 0. The lowest BCUT2D eigenvalue weighted by Gasteiger charge is -2.36. The quantitative estimate of drug-likeness (QED) is 0.503. The van der Waals surface area contributed by atoms with E-state index < -0.39 is 11.5 Å². The molecule has 0 spiro atoms. The van der Waals surface area contributed by atoms with Gasteiger partial charge >= 0.3 is 0 Å². The van der Waals surface area contributed by atoms with E-state index in [1.165, 1.54) is 5.56 Å². The van der Waals surface area contributed by atoms with Crippen LogP contribution in [0.15, 0.2) is 42.5 Å². The lowest BCUT2D eigenvalue weighted by atomic mass is 9.81. The Bertz CT molecular complexity index is 854. The number of carbonyl (C=O) groups excluding carboxylic acids is 2. The molecular formula is C24H28O4. The first-order chi connectivity index (χ1) is 13.3. The normalized spacial score (nSPS) is 18.7. The highest BCUT2D eigenvalue weighted by Gasteiger charge is 2.44. The van der Waals surface area contributed by atoms with E-state index >= 15 is 0 Å². The highest BCUT2D eigenvalue weighted by Crippen LogP contribution is 2.40. The predicted molar refractivity (Wildman–Crippen MR) is 109 cm³/mol. The molecule has 1 aliphatic rings. The topological polar surface area (TPSA) is 52.6 Å². The number of aldehydes is 1. The number of benzene rings is 2. The molecule has 0 aromatic heterocycles. The van der Waals surface area contributed by atoms with Gasteiger partial charge in [0.05, 0.1) is 11.7 Å². The second-order valence-corrected chi connectivity index (χ2v) is 8.10.